The van der Waals surface area contributed by atoms with Gasteiger partial charge in [-0.3, -0.25) is 4.79 Å². The minimum absolute atomic E-state index is 0.0278. The third-order valence-corrected chi connectivity index (χ3v) is 9.05. The van der Waals surface area contributed by atoms with Crippen molar-refractivity contribution < 1.29 is 17.9 Å². The molecule has 1 N–H and O–H groups in total. The lowest BCUT2D eigenvalue weighted by atomic mass is 10.2. The number of aryl methyl sites for hydroxylation is 1. The Bertz CT molecular complexity index is 955. The summed E-state index contributed by atoms with van der Waals surface area (Å²) in [5.41, 5.74) is 1.43. The van der Waals surface area contributed by atoms with Crippen LogP contribution < -0.4 is 4.72 Å². The topological polar surface area (TPSA) is 88.6 Å². The van der Waals surface area contributed by atoms with Gasteiger partial charge in [-0.2, -0.15) is 0 Å². The smallest absolute Gasteiger partial charge is 0.265 e. The Morgan fingerprint density at radius 1 is 1.36 bits per heavy atom. The molecule has 0 spiro atoms. The molecule has 2 aromatic rings. The molecular weight excluding hydrogens is 418 g/mol. The van der Waals surface area contributed by atoms with Crippen molar-refractivity contribution in [2.45, 2.75) is 42.9 Å². The number of sulfonamides is 1. The molecule has 0 aliphatic carbocycles. The van der Waals surface area contributed by atoms with E-state index in [1.54, 1.807) is 11.4 Å². The summed E-state index contributed by atoms with van der Waals surface area (Å²) in [4.78, 5) is 19.7. The largest absolute Gasteiger partial charge is 0.377 e. The van der Waals surface area contributed by atoms with E-state index in [1.165, 1.54) is 11.3 Å². The number of carbonyl (C=O) groups excluding carboxylic acids is 1. The molecule has 1 amide bonds. The van der Waals surface area contributed by atoms with Gasteiger partial charge < -0.3 is 9.64 Å². The number of amides is 1. The van der Waals surface area contributed by atoms with Gasteiger partial charge in [0.15, 0.2) is 0 Å². The number of nitrogens with one attached hydrogen (secondary N) is 1. The van der Waals surface area contributed by atoms with E-state index in [4.69, 9.17) is 4.74 Å². The van der Waals surface area contributed by atoms with Crippen LogP contribution in [0.2, 0.25) is 0 Å². The average Bonchev–Trinajstić information content (AvgIpc) is 3.47. The summed E-state index contributed by atoms with van der Waals surface area (Å²) < 4.78 is 33.5. The average molecular weight is 442 g/mol. The van der Waals surface area contributed by atoms with Gasteiger partial charge in [-0.05, 0) is 38.7 Å². The number of hydrogen-bond donors (Lipinski definition) is 1. The second kappa shape index (κ2) is 8.19. The Labute approximate surface area is 172 Å². The third-order valence-electron chi connectivity index (χ3n) is 5.00. The summed E-state index contributed by atoms with van der Waals surface area (Å²) in [7, 11) is -3.58. The van der Waals surface area contributed by atoms with Gasteiger partial charge in [-0.15, -0.1) is 22.7 Å². The lowest BCUT2D eigenvalue weighted by Gasteiger charge is -2.13. The fraction of sp³-hybridized carbons (Fsp3) is 0.556. The zero-order chi connectivity index (χ0) is 19.7. The number of hydrogen-bond acceptors (Lipinski definition) is 7. The molecule has 0 bridgehead atoms. The number of nitrogens with zero attached hydrogens (tertiary/aromatic N) is 2. The van der Waals surface area contributed by atoms with Crippen LogP contribution in [0.3, 0.4) is 0 Å². The van der Waals surface area contributed by atoms with Crippen molar-refractivity contribution in [2.24, 2.45) is 0 Å². The molecule has 2 fully saturated rings. The maximum atomic E-state index is 12.7. The van der Waals surface area contributed by atoms with E-state index in [9.17, 15) is 13.2 Å². The lowest BCUT2D eigenvalue weighted by Crippen LogP contribution is -2.31. The first-order chi connectivity index (χ1) is 13.4. The lowest BCUT2D eigenvalue weighted by molar-refractivity contribution is 0.0796. The van der Waals surface area contributed by atoms with Crippen molar-refractivity contribution in [1.82, 2.24) is 14.6 Å². The first-order valence-electron chi connectivity index (χ1n) is 9.41. The predicted octanol–water partition coefficient (Wildman–Crippen LogP) is 2.87. The Morgan fingerprint density at radius 3 is 2.86 bits per heavy atom. The number of likely N-dealkylation sites (tertiary alicyclic amines) is 1. The van der Waals surface area contributed by atoms with E-state index in [0.717, 1.165) is 55.7 Å². The van der Waals surface area contributed by atoms with Crippen molar-refractivity contribution >= 4 is 38.6 Å². The van der Waals surface area contributed by atoms with Crippen LogP contribution >= 0.6 is 22.7 Å². The molecule has 10 heteroatoms. The van der Waals surface area contributed by atoms with Crippen LogP contribution in [-0.4, -0.2) is 56.6 Å². The molecule has 2 aliphatic rings. The van der Waals surface area contributed by atoms with E-state index in [-0.39, 0.29) is 16.2 Å². The summed E-state index contributed by atoms with van der Waals surface area (Å²) in [5, 5.41) is 2.46. The van der Waals surface area contributed by atoms with E-state index in [1.807, 2.05) is 11.8 Å². The van der Waals surface area contributed by atoms with Crippen LogP contribution in [-0.2, 0) is 14.8 Å². The number of ether oxygens (including phenoxy) is 1. The molecule has 2 aliphatic heterocycles. The van der Waals surface area contributed by atoms with Crippen LogP contribution in [0, 0.1) is 6.92 Å². The second-order valence-electron chi connectivity index (χ2n) is 7.07. The summed E-state index contributed by atoms with van der Waals surface area (Å²) >= 11 is 2.50. The highest BCUT2D eigenvalue weighted by Crippen LogP contribution is 2.33. The summed E-state index contributed by atoms with van der Waals surface area (Å²) in [6, 6.07) is 1.63. The normalized spacial score (nSPS) is 20.2. The first kappa shape index (κ1) is 20.0. The van der Waals surface area contributed by atoms with Crippen LogP contribution in [0.25, 0.3) is 10.6 Å². The van der Waals surface area contributed by atoms with Gasteiger partial charge in [0.1, 0.15) is 14.1 Å². The Kier molecular flexibility index (Phi) is 5.84. The summed E-state index contributed by atoms with van der Waals surface area (Å²) in [5.74, 6) is 0.0278. The summed E-state index contributed by atoms with van der Waals surface area (Å²) in [6.07, 6.45) is 3.89. The minimum Gasteiger partial charge on any atom is -0.377 e. The van der Waals surface area contributed by atoms with E-state index in [2.05, 4.69) is 9.71 Å². The molecule has 2 saturated heterocycles. The fourth-order valence-corrected chi connectivity index (χ4v) is 6.80. The molecule has 152 valence electrons. The maximum Gasteiger partial charge on any atom is 0.265 e. The van der Waals surface area contributed by atoms with Crippen molar-refractivity contribution in [1.29, 1.82) is 0 Å². The molecule has 4 rings (SSSR count). The number of aromatic nitrogens is 1. The van der Waals surface area contributed by atoms with Crippen molar-refractivity contribution in [3.63, 3.8) is 0 Å². The van der Waals surface area contributed by atoms with E-state index < -0.39 is 10.0 Å². The van der Waals surface area contributed by atoms with Crippen LogP contribution in [0.15, 0.2) is 15.7 Å². The number of thiazole rings is 1. The molecule has 28 heavy (non-hydrogen) atoms. The quantitative estimate of drug-likeness (QED) is 0.745. The van der Waals surface area contributed by atoms with Gasteiger partial charge in [0.25, 0.3) is 5.91 Å². The highest BCUT2D eigenvalue weighted by atomic mass is 32.2. The van der Waals surface area contributed by atoms with E-state index in [0.29, 0.717) is 28.7 Å². The molecule has 1 unspecified atom stereocenters. The zero-order valence-corrected chi connectivity index (χ0v) is 18.1. The zero-order valence-electron chi connectivity index (χ0n) is 15.6. The molecule has 0 saturated carbocycles. The van der Waals surface area contributed by atoms with E-state index >= 15 is 0 Å². The Morgan fingerprint density at radius 2 is 2.14 bits per heavy atom. The Balaban J connectivity index is 1.49. The van der Waals surface area contributed by atoms with Crippen LogP contribution in [0.1, 0.15) is 41.0 Å². The van der Waals surface area contributed by atoms with Gasteiger partial charge in [0.05, 0.1) is 11.8 Å². The predicted molar refractivity (Wildman–Crippen MR) is 109 cm³/mol. The standard InChI is InChI=1S/C18H23N3O4S3/c1-12-16(18(22)21-6-2-3-7-21)27-17(20-12)13-9-15(26-11-13)28(23,24)19-10-14-5-4-8-25-14/h9,11,14,19H,2-8,10H2,1H3. The molecule has 0 radical (unpaired) electrons. The van der Waals surface area contributed by atoms with Gasteiger partial charge >= 0.3 is 0 Å². The molecule has 2 aromatic heterocycles. The maximum absolute atomic E-state index is 12.7. The molecule has 1 atom stereocenters. The Hall–Kier alpha value is -1.33. The van der Waals surface area contributed by atoms with Crippen LogP contribution in [0.5, 0.6) is 0 Å². The highest BCUT2D eigenvalue weighted by Gasteiger charge is 2.26. The van der Waals surface area contributed by atoms with Gasteiger partial charge in [0, 0.05) is 37.2 Å². The molecule has 7 nitrogen and oxygen atoms in total. The van der Waals surface area contributed by atoms with Crippen molar-refractivity contribution in [2.75, 3.05) is 26.2 Å². The molecular formula is C18H23N3O4S3. The molecule has 0 aromatic carbocycles. The molecule has 4 heterocycles. The van der Waals surface area contributed by atoms with Gasteiger partial charge in [0.2, 0.25) is 10.0 Å². The van der Waals surface area contributed by atoms with Gasteiger partial charge in [-0.25, -0.2) is 18.1 Å². The third kappa shape index (κ3) is 4.16. The summed E-state index contributed by atoms with van der Waals surface area (Å²) in [6.45, 7) is 4.40. The first-order valence-corrected chi connectivity index (χ1v) is 12.6. The monoisotopic (exact) mass is 441 g/mol. The minimum atomic E-state index is -3.58. The number of carbonyl (C=O) groups is 1. The van der Waals surface area contributed by atoms with Crippen LogP contribution in [0.4, 0.5) is 0 Å². The van der Waals surface area contributed by atoms with Gasteiger partial charge in [-0.1, -0.05) is 0 Å². The highest BCUT2D eigenvalue weighted by molar-refractivity contribution is 7.91. The second-order valence-corrected chi connectivity index (χ2v) is 11.0. The van der Waals surface area contributed by atoms with Crippen molar-refractivity contribution in [3.8, 4) is 10.6 Å². The number of rotatable bonds is 6. The van der Waals surface area contributed by atoms with Crippen molar-refractivity contribution in [3.05, 3.63) is 22.0 Å². The fourth-order valence-electron chi connectivity index (χ4n) is 3.43. The number of thiophene rings is 1. The SMILES string of the molecule is Cc1nc(-c2csc(S(=O)(=O)NCC3CCCO3)c2)sc1C(=O)N1CCCC1.